The van der Waals surface area contributed by atoms with Gasteiger partial charge in [0.1, 0.15) is 0 Å². The summed E-state index contributed by atoms with van der Waals surface area (Å²) < 4.78 is 0. The van der Waals surface area contributed by atoms with Crippen molar-refractivity contribution in [3.8, 4) is 0 Å². The molecule has 1 heterocycles. The van der Waals surface area contributed by atoms with E-state index in [9.17, 15) is 9.59 Å². The molecule has 0 fully saturated rings. The first-order chi connectivity index (χ1) is 11.1. The van der Waals surface area contributed by atoms with E-state index in [0.29, 0.717) is 12.2 Å². The Morgan fingerprint density at radius 3 is 2.61 bits per heavy atom. The fourth-order valence-electron chi connectivity index (χ4n) is 2.56. The summed E-state index contributed by atoms with van der Waals surface area (Å²) in [5, 5.41) is 2.87. The molecule has 0 radical (unpaired) electrons. The van der Waals surface area contributed by atoms with Crippen molar-refractivity contribution in [2.75, 3.05) is 16.8 Å². The van der Waals surface area contributed by atoms with Gasteiger partial charge in [-0.2, -0.15) is 0 Å². The highest BCUT2D eigenvalue weighted by molar-refractivity contribution is 6.09. The number of benzene rings is 2. The SMILES string of the molecule is C[C@@H]1CN(C(=O)/C=C/c2ccccc2)c2ccccc2NC1=O. The third-order valence-corrected chi connectivity index (χ3v) is 3.84. The highest BCUT2D eigenvalue weighted by Gasteiger charge is 2.27. The molecule has 23 heavy (non-hydrogen) atoms. The van der Waals surface area contributed by atoms with Crippen molar-refractivity contribution in [3.05, 3.63) is 66.2 Å². The quantitative estimate of drug-likeness (QED) is 0.865. The molecule has 4 heteroatoms. The summed E-state index contributed by atoms with van der Waals surface area (Å²) in [6.45, 7) is 2.18. The van der Waals surface area contributed by atoms with Crippen LogP contribution in [0.25, 0.3) is 6.08 Å². The highest BCUT2D eigenvalue weighted by Crippen LogP contribution is 2.30. The average Bonchev–Trinajstić information content (AvgIpc) is 2.71. The van der Waals surface area contributed by atoms with Crippen LogP contribution < -0.4 is 10.2 Å². The van der Waals surface area contributed by atoms with Crippen molar-refractivity contribution in [1.82, 2.24) is 0 Å². The van der Waals surface area contributed by atoms with Gasteiger partial charge in [0.2, 0.25) is 5.91 Å². The maximum Gasteiger partial charge on any atom is 0.251 e. The lowest BCUT2D eigenvalue weighted by atomic mass is 10.1. The number of hydrogen-bond acceptors (Lipinski definition) is 2. The summed E-state index contributed by atoms with van der Waals surface area (Å²) >= 11 is 0. The van der Waals surface area contributed by atoms with Crippen LogP contribution in [0.2, 0.25) is 0 Å². The van der Waals surface area contributed by atoms with Gasteiger partial charge in [-0.05, 0) is 23.8 Å². The number of nitrogens with one attached hydrogen (secondary N) is 1. The molecular formula is C19H18N2O2. The largest absolute Gasteiger partial charge is 0.324 e. The van der Waals surface area contributed by atoms with Crippen molar-refractivity contribution < 1.29 is 9.59 Å². The highest BCUT2D eigenvalue weighted by atomic mass is 16.2. The Hall–Kier alpha value is -2.88. The first-order valence-electron chi connectivity index (χ1n) is 7.59. The lowest BCUT2D eigenvalue weighted by Gasteiger charge is -2.22. The number of carbonyl (C=O) groups excluding carboxylic acids is 2. The fraction of sp³-hybridized carbons (Fsp3) is 0.158. The molecule has 2 aromatic carbocycles. The Morgan fingerprint density at radius 2 is 1.83 bits per heavy atom. The van der Waals surface area contributed by atoms with E-state index in [4.69, 9.17) is 0 Å². The Labute approximate surface area is 135 Å². The fourth-order valence-corrected chi connectivity index (χ4v) is 2.56. The standard InChI is InChI=1S/C19H18N2O2/c1-14-13-21(17-10-6-5-9-16(17)20-19(14)23)18(22)12-11-15-7-3-2-4-8-15/h2-12,14H,13H2,1H3,(H,20,23)/b12-11+/t14-/m1/s1. The summed E-state index contributed by atoms with van der Waals surface area (Å²) in [7, 11) is 0. The molecule has 1 N–H and O–H groups in total. The smallest absolute Gasteiger partial charge is 0.251 e. The lowest BCUT2D eigenvalue weighted by molar-refractivity contribution is -0.119. The summed E-state index contributed by atoms with van der Waals surface area (Å²) in [6.07, 6.45) is 3.34. The van der Waals surface area contributed by atoms with E-state index in [2.05, 4.69) is 5.32 Å². The minimum Gasteiger partial charge on any atom is -0.324 e. The van der Waals surface area contributed by atoms with Gasteiger partial charge in [0, 0.05) is 12.6 Å². The monoisotopic (exact) mass is 306 g/mol. The second-order valence-electron chi connectivity index (χ2n) is 5.60. The van der Waals surface area contributed by atoms with Gasteiger partial charge in [-0.1, -0.05) is 49.4 Å². The van der Waals surface area contributed by atoms with E-state index in [1.807, 2.05) is 61.5 Å². The van der Waals surface area contributed by atoms with Crippen molar-refractivity contribution in [1.29, 1.82) is 0 Å². The molecule has 0 saturated heterocycles. The summed E-state index contributed by atoms with van der Waals surface area (Å²) in [5.74, 6) is -0.471. The summed E-state index contributed by atoms with van der Waals surface area (Å²) in [6, 6.07) is 17.0. The second-order valence-corrected chi connectivity index (χ2v) is 5.60. The number of anilines is 2. The van der Waals surface area contributed by atoms with Crippen molar-refractivity contribution in [2.24, 2.45) is 5.92 Å². The van der Waals surface area contributed by atoms with Crippen LogP contribution in [0.3, 0.4) is 0 Å². The zero-order valence-electron chi connectivity index (χ0n) is 12.9. The molecule has 0 bridgehead atoms. The molecule has 0 aliphatic carbocycles. The van der Waals surface area contributed by atoms with E-state index in [0.717, 1.165) is 11.3 Å². The molecule has 3 rings (SSSR count). The molecule has 0 saturated carbocycles. The van der Waals surface area contributed by atoms with Crippen LogP contribution in [0.15, 0.2) is 60.7 Å². The molecule has 1 atom stereocenters. The topological polar surface area (TPSA) is 49.4 Å². The second kappa shape index (κ2) is 6.48. The Morgan fingerprint density at radius 1 is 1.13 bits per heavy atom. The number of fused-ring (bicyclic) bond motifs is 1. The zero-order chi connectivity index (χ0) is 16.2. The number of rotatable bonds is 2. The van der Waals surface area contributed by atoms with E-state index >= 15 is 0 Å². The number of hydrogen-bond donors (Lipinski definition) is 1. The van der Waals surface area contributed by atoms with Gasteiger partial charge in [-0.3, -0.25) is 9.59 Å². The molecule has 0 unspecified atom stereocenters. The van der Waals surface area contributed by atoms with Gasteiger partial charge >= 0.3 is 0 Å². The van der Waals surface area contributed by atoms with Gasteiger partial charge in [-0.15, -0.1) is 0 Å². The predicted molar refractivity (Wildman–Crippen MR) is 92.1 cm³/mol. The van der Waals surface area contributed by atoms with E-state index in [1.165, 1.54) is 0 Å². The van der Waals surface area contributed by atoms with Gasteiger partial charge in [0.15, 0.2) is 0 Å². The molecule has 0 spiro atoms. The molecule has 2 amide bonds. The number of amides is 2. The van der Waals surface area contributed by atoms with Crippen LogP contribution in [-0.2, 0) is 9.59 Å². The third kappa shape index (κ3) is 3.31. The van der Waals surface area contributed by atoms with E-state index in [-0.39, 0.29) is 17.7 Å². The average molecular weight is 306 g/mol. The van der Waals surface area contributed by atoms with E-state index in [1.54, 1.807) is 17.1 Å². The maximum atomic E-state index is 12.6. The van der Waals surface area contributed by atoms with Crippen molar-refractivity contribution in [3.63, 3.8) is 0 Å². The molecule has 1 aliphatic rings. The lowest BCUT2D eigenvalue weighted by Crippen LogP contribution is -2.34. The minimum atomic E-state index is -0.267. The molecule has 2 aromatic rings. The van der Waals surface area contributed by atoms with Crippen LogP contribution in [0, 0.1) is 5.92 Å². The Kier molecular flexibility index (Phi) is 4.24. The zero-order valence-corrected chi connectivity index (χ0v) is 12.9. The van der Waals surface area contributed by atoms with Gasteiger partial charge in [0.25, 0.3) is 5.91 Å². The maximum absolute atomic E-state index is 12.6. The molecular weight excluding hydrogens is 288 g/mol. The number of nitrogens with zero attached hydrogens (tertiary/aromatic N) is 1. The summed E-state index contributed by atoms with van der Waals surface area (Å²) in [4.78, 5) is 26.3. The number of para-hydroxylation sites is 2. The normalized spacial score (nSPS) is 17.5. The third-order valence-electron chi connectivity index (χ3n) is 3.84. The number of carbonyl (C=O) groups is 2. The van der Waals surface area contributed by atoms with Crippen LogP contribution in [0.5, 0.6) is 0 Å². The van der Waals surface area contributed by atoms with Crippen LogP contribution in [-0.4, -0.2) is 18.4 Å². The minimum absolute atomic E-state index is 0.0696. The van der Waals surface area contributed by atoms with Gasteiger partial charge < -0.3 is 10.2 Å². The van der Waals surface area contributed by atoms with Crippen molar-refractivity contribution in [2.45, 2.75) is 6.92 Å². The first kappa shape index (κ1) is 15.0. The van der Waals surface area contributed by atoms with Crippen LogP contribution in [0.4, 0.5) is 11.4 Å². The van der Waals surface area contributed by atoms with Crippen LogP contribution >= 0.6 is 0 Å². The van der Waals surface area contributed by atoms with E-state index < -0.39 is 0 Å². The van der Waals surface area contributed by atoms with Gasteiger partial charge in [-0.25, -0.2) is 0 Å². The van der Waals surface area contributed by atoms with Gasteiger partial charge in [0.05, 0.1) is 17.3 Å². The van der Waals surface area contributed by atoms with Crippen molar-refractivity contribution >= 4 is 29.3 Å². The molecule has 1 aliphatic heterocycles. The molecule has 4 nitrogen and oxygen atoms in total. The Balaban J connectivity index is 1.90. The predicted octanol–water partition coefficient (Wildman–Crippen LogP) is 3.32. The van der Waals surface area contributed by atoms with Crippen LogP contribution in [0.1, 0.15) is 12.5 Å². The molecule has 116 valence electrons. The summed E-state index contributed by atoms with van der Waals surface area (Å²) in [5.41, 5.74) is 2.36. The molecule has 0 aromatic heterocycles. The Bertz CT molecular complexity index is 753. The first-order valence-corrected chi connectivity index (χ1v) is 7.59.